The predicted molar refractivity (Wildman–Crippen MR) is 116 cm³/mol. The molecule has 0 radical (unpaired) electrons. The molecule has 0 aliphatic rings. The van der Waals surface area contributed by atoms with Gasteiger partial charge in [0.25, 0.3) is 0 Å². The highest BCUT2D eigenvalue weighted by molar-refractivity contribution is 7.80. The highest BCUT2D eigenvalue weighted by Crippen LogP contribution is 1.99. The highest BCUT2D eigenvalue weighted by Gasteiger charge is 2.30. The van der Waals surface area contributed by atoms with E-state index in [0.717, 1.165) is 0 Å². The summed E-state index contributed by atoms with van der Waals surface area (Å²) in [6.45, 7) is -0.627. The highest BCUT2D eigenvalue weighted by atomic mass is 32.1. The quantitative estimate of drug-likeness (QED) is 0.0461. The summed E-state index contributed by atoms with van der Waals surface area (Å²) in [6.07, 6.45) is -0.0573. The lowest BCUT2D eigenvalue weighted by molar-refractivity contribution is -0.144. The van der Waals surface area contributed by atoms with Gasteiger partial charge in [-0.25, -0.2) is 4.79 Å². The van der Waals surface area contributed by atoms with Crippen molar-refractivity contribution in [3.05, 3.63) is 0 Å². The van der Waals surface area contributed by atoms with E-state index in [-0.39, 0.29) is 24.7 Å². The molecule has 0 fully saturated rings. The maximum Gasteiger partial charge on any atom is 0.326 e. The summed E-state index contributed by atoms with van der Waals surface area (Å²) in [6, 6.07) is -5.40. The van der Waals surface area contributed by atoms with Gasteiger partial charge in [-0.1, -0.05) is 0 Å². The number of guanidine groups is 1. The van der Waals surface area contributed by atoms with Gasteiger partial charge in [0, 0.05) is 12.3 Å². The zero-order valence-corrected chi connectivity index (χ0v) is 18.1. The number of rotatable bonds is 15. The van der Waals surface area contributed by atoms with Crippen LogP contribution in [0.15, 0.2) is 4.99 Å². The Hall–Kier alpha value is -3.11. The average Bonchev–Trinajstić information content (AvgIpc) is 2.71. The van der Waals surface area contributed by atoms with Crippen LogP contribution in [0.3, 0.4) is 0 Å². The summed E-state index contributed by atoms with van der Waals surface area (Å²) in [5, 5.41) is 24.9. The van der Waals surface area contributed by atoms with E-state index >= 15 is 0 Å². The molecule has 0 bridgehead atoms. The van der Waals surface area contributed by atoms with Crippen LogP contribution in [0.1, 0.15) is 19.3 Å². The van der Waals surface area contributed by atoms with E-state index in [0.29, 0.717) is 6.42 Å². The Morgan fingerprint density at radius 1 is 0.906 bits per heavy atom. The summed E-state index contributed by atoms with van der Waals surface area (Å²) >= 11 is 3.98. The van der Waals surface area contributed by atoms with Crippen LogP contribution < -0.4 is 38.9 Å². The number of carboxylic acids is 1. The molecule has 16 heteroatoms. The number of aliphatic hydroxyl groups excluding tert-OH is 1. The molecule has 4 atom stereocenters. The number of carbonyl (C=O) groups is 5. The molecule has 0 saturated heterocycles. The Bertz CT molecular complexity index is 717. The van der Waals surface area contributed by atoms with Crippen molar-refractivity contribution in [1.82, 2.24) is 16.0 Å². The Balaban J connectivity index is 4.90. The van der Waals surface area contributed by atoms with Gasteiger partial charge in [-0.3, -0.25) is 24.2 Å². The third-order valence-corrected chi connectivity index (χ3v) is 4.32. The molecule has 15 nitrogen and oxygen atoms in total. The van der Waals surface area contributed by atoms with Crippen LogP contribution in [-0.4, -0.2) is 88.8 Å². The molecule has 0 heterocycles. The smallest absolute Gasteiger partial charge is 0.326 e. The van der Waals surface area contributed by atoms with Crippen molar-refractivity contribution < 1.29 is 34.2 Å². The summed E-state index contributed by atoms with van der Waals surface area (Å²) < 4.78 is 0. The molecule has 4 unspecified atom stereocenters. The summed E-state index contributed by atoms with van der Waals surface area (Å²) in [7, 11) is 0. The lowest BCUT2D eigenvalue weighted by atomic mass is 10.1. The van der Waals surface area contributed by atoms with Crippen LogP contribution in [0, 0.1) is 0 Å². The van der Waals surface area contributed by atoms with Crippen molar-refractivity contribution in [1.29, 1.82) is 0 Å². The summed E-state index contributed by atoms with van der Waals surface area (Å²) in [4.78, 5) is 62.6. The maximum atomic E-state index is 12.4. The van der Waals surface area contributed by atoms with Gasteiger partial charge < -0.3 is 49.1 Å². The molecule has 0 aliphatic carbocycles. The summed E-state index contributed by atoms with van der Waals surface area (Å²) in [5.74, 6) is -5.39. The number of carbonyl (C=O) groups excluding carboxylic acids is 4. The molecule has 0 aromatic carbocycles. The molecular formula is C16H30N8O7S. The lowest BCUT2D eigenvalue weighted by Gasteiger charge is -2.23. The van der Waals surface area contributed by atoms with Gasteiger partial charge in [-0.2, -0.15) is 12.6 Å². The molecule has 0 saturated carbocycles. The molecule has 0 aromatic heterocycles. The Labute approximate surface area is 189 Å². The number of nitrogens with two attached hydrogens (primary N) is 4. The van der Waals surface area contributed by atoms with Crippen LogP contribution in [0.2, 0.25) is 0 Å². The standard InChI is InChI=1S/C16H30N8O7S/c17-7(2-1-3-21-16(19)20)12(27)24-10(6-32)14(29)23-9(5-25)13(28)22-8(15(30)31)4-11(18)26/h7-10,25,32H,1-6,17H2,(H2,18,26)(H,22,28)(H,23,29)(H,24,27)(H,30,31)(H4,19,20,21). The number of aliphatic carboxylic acids is 1. The van der Waals surface area contributed by atoms with Crippen molar-refractivity contribution in [2.75, 3.05) is 18.9 Å². The van der Waals surface area contributed by atoms with Crippen LogP contribution in [0.4, 0.5) is 0 Å². The molecule has 0 rings (SSSR count). The third-order valence-electron chi connectivity index (χ3n) is 3.96. The number of primary amides is 1. The number of nitrogens with one attached hydrogen (secondary N) is 3. The van der Waals surface area contributed by atoms with Crippen molar-refractivity contribution in [2.45, 2.75) is 43.4 Å². The van der Waals surface area contributed by atoms with Crippen molar-refractivity contribution in [2.24, 2.45) is 27.9 Å². The second-order valence-corrected chi connectivity index (χ2v) is 6.98. The predicted octanol–water partition coefficient (Wildman–Crippen LogP) is -5.30. The van der Waals surface area contributed by atoms with Gasteiger partial charge in [-0.05, 0) is 12.8 Å². The van der Waals surface area contributed by atoms with Gasteiger partial charge >= 0.3 is 5.97 Å². The molecule has 4 amide bonds. The Morgan fingerprint density at radius 3 is 1.91 bits per heavy atom. The van der Waals surface area contributed by atoms with E-state index in [1.807, 2.05) is 5.32 Å². The van der Waals surface area contributed by atoms with E-state index in [1.165, 1.54) is 0 Å². The first-order valence-corrected chi connectivity index (χ1v) is 10.0. The molecular weight excluding hydrogens is 448 g/mol. The Morgan fingerprint density at radius 2 is 1.44 bits per heavy atom. The number of aliphatic imine (C=N–C) groups is 1. The third kappa shape index (κ3) is 11.3. The van der Waals surface area contributed by atoms with Crippen molar-refractivity contribution in [3.8, 4) is 0 Å². The van der Waals surface area contributed by atoms with Gasteiger partial charge in [0.1, 0.15) is 18.1 Å². The number of amides is 4. The minimum Gasteiger partial charge on any atom is -0.480 e. The first kappa shape index (κ1) is 28.9. The van der Waals surface area contributed by atoms with E-state index in [9.17, 15) is 29.1 Å². The monoisotopic (exact) mass is 478 g/mol. The SMILES string of the molecule is NC(=O)CC(NC(=O)C(CO)NC(=O)C(CS)NC(=O)C(N)CCCN=C(N)N)C(=O)O. The van der Waals surface area contributed by atoms with E-state index in [4.69, 9.17) is 28.0 Å². The lowest BCUT2D eigenvalue weighted by Crippen LogP contribution is -2.58. The molecule has 13 N–H and O–H groups in total. The topological polar surface area (TPSA) is 278 Å². The van der Waals surface area contributed by atoms with Gasteiger partial charge in [0.2, 0.25) is 23.6 Å². The number of nitrogens with zero attached hydrogens (tertiary/aromatic N) is 1. The van der Waals surface area contributed by atoms with Crippen LogP contribution >= 0.6 is 12.6 Å². The van der Waals surface area contributed by atoms with Gasteiger partial charge in [0.05, 0.1) is 19.1 Å². The van der Waals surface area contributed by atoms with Crippen molar-refractivity contribution >= 4 is 48.2 Å². The number of aliphatic hydroxyl groups is 1. The Kier molecular flexibility index (Phi) is 13.4. The fraction of sp³-hybridized carbons (Fsp3) is 0.625. The average molecular weight is 479 g/mol. The summed E-state index contributed by atoms with van der Waals surface area (Å²) in [5.41, 5.74) is 21.1. The van der Waals surface area contributed by atoms with Crippen molar-refractivity contribution in [3.63, 3.8) is 0 Å². The first-order valence-electron chi connectivity index (χ1n) is 9.37. The molecule has 0 aliphatic heterocycles. The zero-order valence-electron chi connectivity index (χ0n) is 17.2. The van der Waals surface area contributed by atoms with E-state index in [2.05, 4.69) is 28.3 Å². The number of carboxylic acid groups (broad SMARTS) is 1. The van der Waals surface area contributed by atoms with Gasteiger partial charge in [0.15, 0.2) is 5.96 Å². The molecule has 182 valence electrons. The fourth-order valence-corrected chi connectivity index (χ4v) is 2.52. The second-order valence-electron chi connectivity index (χ2n) is 6.61. The largest absolute Gasteiger partial charge is 0.480 e. The van der Waals surface area contributed by atoms with Gasteiger partial charge in [-0.15, -0.1) is 0 Å². The first-order chi connectivity index (χ1) is 14.9. The molecule has 0 aromatic rings. The van der Waals surface area contributed by atoms with E-state index < -0.39 is 66.8 Å². The zero-order chi connectivity index (χ0) is 24.8. The normalized spacial score (nSPS) is 14.2. The maximum absolute atomic E-state index is 12.4. The minimum absolute atomic E-state index is 0.0957. The van der Waals surface area contributed by atoms with Crippen LogP contribution in [0.5, 0.6) is 0 Å². The van der Waals surface area contributed by atoms with Crippen LogP contribution in [-0.2, 0) is 24.0 Å². The second kappa shape index (κ2) is 14.8. The molecule has 0 spiro atoms. The fourth-order valence-electron chi connectivity index (χ4n) is 2.26. The number of hydrogen-bond donors (Lipinski definition) is 10. The van der Waals surface area contributed by atoms with Crippen LogP contribution in [0.25, 0.3) is 0 Å². The molecule has 32 heavy (non-hydrogen) atoms. The number of thiol groups is 1. The van der Waals surface area contributed by atoms with E-state index in [1.54, 1.807) is 0 Å². The number of hydrogen-bond acceptors (Lipinski definition) is 9. The minimum atomic E-state index is -1.65.